The number of methoxy groups -OCH3 is 1. The van der Waals surface area contributed by atoms with Gasteiger partial charge < -0.3 is 9.64 Å². The van der Waals surface area contributed by atoms with Crippen molar-refractivity contribution in [1.29, 1.82) is 0 Å². The number of carbonyl (C=O) groups excluding carboxylic acids is 1. The molecule has 2 aliphatic rings. The molecule has 1 amide bonds. The molecule has 2 aromatic rings. The van der Waals surface area contributed by atoms with Gasteiger partial charge in [-0.25, -0.2) is 9.67 Å². The Morgan fingerprint density at radius 3 is 2.92 bits per heavy atom. The minimum atomic E-state index is -0.0818. The molecule has 2 aliphatic heterocycles. The number of carbonyl (C=O) groups is 1. The van der Waals surface area contributed by atoms with Crippen LogP contribution in [0, 0.1) is 5.92 Å². The zero-order valence-corrected chi connectivity index (χ0v) is 15.2. The first kappa shape index (κ1) is 17.0. The smallest absolute Gasteiger partial charge is 0.228 e. The molecule has 0 N–H and O–H groups in total. The number of hydrogen-bond donors (Lipinski definition) is 0. The summed E-state index contributed by atoms with van der Waals surface area (Å²) < 4.78 is 7.23. The second-order valence-corrected chi connectivity index (χ2v) is 7.11. The van der Waals surface area contributed by atoms with Gasteiger partial charge in [-0.1, -0.05) is 12.1 Å². The zero-order valence-electron chi connectivity index (χ0n) is 15.2. The molecule has 7 nitrogen and oxygen atoms in total. The molecule has 4 rings (SSSR count). The lowest BCUT2D eigenvalue weighted by atomic mass is 10.1. The van der Waals surface area contributed by atoms with Gasteiger partial charge in [0.15, 0.2) is 0 Å². The summed E-state index contributed by atoms with van der Waals surface area (Å²) in [6.07, 6.45) is 3.81. The average Bonchev–Trinajstić information content (AvgIpc) is 3.31. The first-order chi connectivity index (χ1) is 12.7. The standard InChI is InChI=1S/C19H25N5O2/c1-26-17-6-4-5-15(9-17)10-22-11-16(19(25)23-7-2-3-8-23)12-24-18(13-22)20-14-21-24/h4-6,9,14,16H,2-3,7-8,10-13H2,1H3. The van der Waals surface area contributed by atoms with E-state index in [1.165, 1.54) is 5.56 Å². The van der Waals surface area contributed by atoms with Crippen molar-refractivity contribution < 1.29 is 9.53 Å². The van der Waals surface area contributed by atoms with E-state index in [0.29, 0.717) is 13.1 Å². The maximum Gasteiger partial charge on any atom is 0.228 e. The fourth-order valence-electron chi connectivity index (χ4n) is 3.91. The summed E-state index contributed by atoms with van der Waals surface area (Å²) in [5.41, 5.74) is 1.17. The SMILES string of the molecule is COc1cccc(CN2Cc3ncnn3CC(C(=O)N3CCCC3)C2)c1. The first-order valence-electron chi connectivity index (χ1n) is 9.23. The number of nitrogens with zero attached hydrogens (tertiary/aromatic N) is 5. The van der Waals surface area contributed by atoms with Crippen LogP contribution in [-0.2, 0) is 24.4 Å². The van der Waals surface area contributed by atoms with Crippen LogP contribution in [0.1, 0.15) is 24.2 Å². The van der Waals surface area contributed by atoms with Gasteiger partial charge in [0, 0.05) is 26.2 Å². The number of rotatable bonds is 4. The fourth-order valence-corrected chi connectivity index (χ4v) is 3.91. The number of likely N-dealkylation sites (tertiary alicyclic amines) is 1. The van der Waals surface area contributed by atoms with Crippen molar-refractivity contribution in [2.24, 2.45) is 5.92 Å². The largest absolute Gasteiger partial charge is 0.497 e. The van der Waals surface area contributed by atoms with E-state index in [9.17, 15) is 4.79 Å². The Hall–Kier alpha value is -2.41. The molecule has 1 fully saturated rings. The van der Waals surface area contributed by atoms with Crippen LogP contribution in [-0.4, -0.2) is 57.2 Å². The summed E-state index contributed by atoms with van der Waals surface area (Å²) in [5, 5.41) is 4.33. The minimum absolute atomic E-state index is 0.0818. The Balaban J connectivity index is 1.54. The molecule has 0 bridgehead atoms. The molecule has 3 heterocycles. The van der Waals surface area contributed by atoms with Crippen LogP contribution >= 0.6 is 0 Å². The van der Waals surface area contributed by atoms with Crippen LogP contribution in [0.5, 0.6) is 5.75 Å². The van der Waals surface area contributed by atoms with Gasteiger partial charge in [-0.05, 0) is 30.5 Å². The Morgan fingerprint density at radius 1 is 1.27 bits per heavy atom. The van der Waals surface area contributed by atoms with E-state index in [1.54, 1.807) is 13.4 Å². The van der Waals surface area contributed by atoms with Crippen molar-refractivity contribution in [3.63, 3.8) is 0 Å². The van der Waals surface area contributed by atoms with Gasteiger partial charge in [0.2, 0.25) is 5.91 Å². The topological polar surface area (TPSA) is 63.5 Å². The van der Waals surface area contributed by atoms with Crippen LogP contribution in [0.3, 0.4) is 0 Å². The van der Waals surface area contributed by atoms with Crippen LogP contribution in [0.2, 0.25) is 0 Å². The third-order valence-corrected chi connectivity index (χ3v) is 5.24. The predicted octanol–water partition coefficient (Wildman–Crippen LogP) is 1.54. The number of ether oxygens (including phenoxy) is 1. The van der Waals surface area contributed by atoms with Crippen LogP contribution in [0.15, 0.2) is 30.6 Å². The maximum absolute atomic E-state index is 13.0. The van der Waals surface area contributed by atoms with E-state index in [0.717, 1.165) is 50.6 Å². The van der Waals surface area contributed by atoms with Gasteiger partial charge in [-0.15, -0.1) is 0 Å². The van der Waals surface area contributed by atoms with E-state index in [-0.39, 0.29) is 11.8 Å². The van der Waals surface area contributed by atoms with Crippen LogP contribution in [0.25, 0.3) is 0 Å². The summed E-state index contributed by atoms with van der Waals surface area (Å²) >= 11 is 0. The van der Waals surface area contributed by atoms with Crippen molar-refractivity contribution in [1.82, 2.24) is 24.6 Å². The summed E-state index contributed by atoms with van der Waals surface area (Å²) in [6, 6.07) is 8.09. The van der Waals surface area contributed by atoms with Gasteiger partial charge >= 0.3 is 0 Å². The molecule has 0 saturated carbocycles. The average molecular weight is 355 g/mol. The van der Waals surface area contributed by atoms with Gasteiger partial charge in [-0.2, -0.15) is 5.10 Å². The third kappa shape index (κ3) is 3.58. The molecule has 0 spiro atoms. The van der Waals surface area contributed by atoms with Crippen molar-refractivity contribution in [2.75, 3.05) is 26.7 Å². The summed E-state index contributed by atoms with van der Waals surface area (Å²) in [6.45, 7) is 4.55. The zero-order chi connectivity index (χ0) is 17.9. The molecule has 0 aliphatic carbocycles. The van der Waals surface area contributed by atoms with Gasteiger partial charge in [0.05, 0.1) is 26.1 Å². The highest BCUT2D eigenvalue weighted by atomic mass is 16.5. The molecule has 26 heavy (non-hydrogen) atoms. The molecule has 1 atom stereocenters. The van der Waals surface area contributed by atoms with Crippen molar-refractivity contribution in [2.45, 2.75) is 32.5 Å². The normalized spacial score (nSPS) is 20.7. The molecule has 1 saturated heterocycles. The molecule has 7 heteroatoms. The molecular formula is C19H25N5O2. The molecular weight excluding hydrogens is 330 g/mol. The fraction of sp³-hybridized carbons (Fsp3) is 0.526. The van der Waals surface area contributed by atoms with E-state index < -0.39 is 0 Å². The monoisotopic (exact) mass is 355 g/mol. The highest BCUT2D eigenvalue weighted by Gasteiger charge is 2.32. The molecule has 0 radical (unpaired) electrons. The highest BCUT2D eigenvalue weighted by molar-refractivity contribution is 5.79. The van der Waals surface area contributed by atoms with Gasteiger partial charge in [0.1, 0.15) is 17.9 Å². The quantitative estimate of drug-likeness (QED) is 0.832. The molecule has 1 aromatic heterocycles. The van der Waals surface area contributed by atoms with E-state index in [2.05, 4.69) is 21.0 Å². The number of hydrogen-bond acceptors (Lipinski definition) is 5. The number of amides is 1. The Morgan fingerprint density at radius 2 is 2.12 bits per heavy atom. The van der Waals surface area contributed by atoms with E-state index in [1.807, 2.05) is 27.8 Å². The first-order valence-corrected chi connectivity index (χ1v) is 9.23. The minimum Gasteiger partial charge on any atom is -0.497 e. The third-order valence-electron chi connectivity index (χ3n) is 5.24. The van der Waals surface area contributed by atoms with Crippen molar-refractivity contribution in [3.8, 4) is 5.75 Å². The lowest BCUT2D eigenvalue weighted by Crippen LogP contribution is -2.40. The van der Waals surface area contributed by atoms with E-state index in [4.69, 9.17) is 4.74 Å². The molecule has 1 unspecified atom stereocenters. The number of fused-ring (bicyclic) bond motifs is 1. The van der Waals surface area contributed by atoms with Gasteiger partial charge in [-0.3, -0.25) is 9.69 Å². The van der Waals surface area contributed by atoms with Crippen molar-refractivity contribution in [3.05, 3.63) is 42.0 Å². The predicted molar refractivity (Wildman–Crippen MR) is 96.4 cm³/mol. The Kier molecular flexibility index (Phi) is 4.88. The molecule has 138 valence electrons. The second kappa shape index (κ2) is 7.45. The lowest BCUT2D eigenvalue weighted by molar-refractivity contribution is -0.135. The lowest BCUT2D eigenvalue weighted by Gasteiger charge is -2.26. The van der Waals surface area contributed by atoms with Crippen molar-refractivity contribution >= 4 is 5.91 Å². The Bertz CT molecular complexity index is 769. The van der Waals surface area contributed by atoms with Gasteiger partial charge in [0.25, 0.3) is 0 Å². The second-order valence-electron chi connectivity index (χ2n) is 7.11. The Labute approximate surface area is 153 Å². The number of aromatic nitrogens is 3. The summed E-state index contributed by atoms with van der Waals surface area (Å²) in [7, 11) is 1.68. The molecule has 1 aromatic carbocycles. The summed E-state index contributed by atoms with van der Waals surface area (Å²) in [4.78, 5) is 21.7. The van der Waals surface area contributed by atoms with Crippen LogP contribution < -0.4 is 4.74 Å². The maximum atomic E-state index is 13.0. The number of benzene rings is 1. The highest BCUT2D eigenvalue weighted by Crippen LogP contribution is 2.22. The summed E-state index contributed by atoms with van der Waals surface area (Å²) in [5.74, 6) is 1.94. The van der Waals surface area contributed by atoms with Crippen LogP contribution in [0.4, 0.5) is 0 Å². The van der Waals surface area contributed by atoms with E-state index >= 15 is 0 Å².